The molecular formula is C31H58O3Si. The molecule has 3 nitrogen and oxygen atoms in total. The highest BCUT2D eigenvalue weighted by Gasteiger charge is 2.65. The van der Waals surface area contributed by atoms with Crippen molar-refractivity contribution in [1.82, 2.24) is 0 Å². The molecule has 0 amide bonds. The topological polar surface area (TPSA) is 49.7 Å². The Morgan fingerprint density at radius 1 is 0.971 bits per heavy atom. The molecular weight excluding hydrogens is 448 g/mol. The Morgan fingerprint density at radius 2 is 1.60 bits per heavy atom. The second-order valence-electron chi connectivity index (χ2n) is 15.5. The van der Waals surface area contributed by atoms with Crippen molar-refractivity contribution in [2.45, 2.75) is 137 Å². The van der Waals surface area contributed by atoms with Crippen molar-refractivity contribution in [1.29, 1.82) is 0 Å². The summed E-state index contributed by atoms with van der Waals surface area (Å²) in [5.41, 5.74) is 0.675. The minimum Gasteiger partial charge on any atom is -0.414 e. The molecule has 0 saturated heterocycles. The van der Waals surface area contributed by atoms with Crippen molar-refractivity contribution in [3.63, 3.8) is 0 Å². The van der Waals surface area contributed by atoms with Gasteiger partial charge in [0.1, 0.15) is 0 Å². The zero-order chi connectivity index (χ0) is 26.0. The predicted octanol–water partition coefficient (Wildman–Crippen LogP) is 7.66. The Bertz CT molecular complexity index is 746. The molecule has 1 unspecified atom stereocenters. The number of hydrogen-bond donors (Lipinski definition) is 2. The van der Waals surface area contributed by atoms with Gasteiger partial charge < -0.3 is 14.6 Å². The van der Waals surface area contributed by atoms with Crippen molar-refractivity contribution < 1.29 is 14.6 Å². The van der Waals surface area contributed by atoms with Crippen LogP contribution in [0.5, 0.6) is 0 Å². The van der Waals surface area contributed by atoms with E-state index in [1.165, 1.54) is 38.5 Å². The minimum atomic E-state index is -1.79. The van der Waals surface area contributed by atoms with Crippen molar-refractivity contribution in [2.75, 3.05) is 6.61 Å². The Kier molecular flexibility index (Phi) is 7.78. The van der Waals surface area contributed by atoms with Gasteiger partial charge in [0, 0.05) is 12.7 Å². The molecule has 204 valence electrons. The molecule has 0 heterocycles. The van der Waals surface area contributed by atoms with Crippen LogP contribution < -0.4 is 0 Å². The summed E-state index contributed by atoms with van der Waals surface area (Å²) in [6.45, 7) is 22.1. The molecule has 0 aromatic heterocycles. The van der Waals surface area contributed by atoms with Crippen LogP contribution >= 0.6 is 0 Å². The van der Waals surface area contributed by atoms with Crippen LogP contribution in [0.15, 0.2) is 0 Å². The van der Waals surface area contributed by atoms with Gasteiger partial charge in [-0.15, -0.1) is 0 Å². The average Bonchev–Trinajstić information content (AvgIpc) is 3.11. The molecule has 4 heteroatoms. The summed E-state index contributed by atoms with van der Waals surface area (Å²) in [6.07, 6.45) is 11.0. The van der Waals surface area contributed by atoms with E-state index in [1.54, 1.807) is 0 Å². The second-order valence-corrected chi connectivity index (χ2v) is 20.2. The molecule has 11 atom stereocenters. The van der Waals surface area contributed by atoms with Crippen LogP contribution in [0.2, 0.25) is 18.1 Å². The summed E-state index contributed by atoms with van der Waals surface area (Å²) < 4.78 is 6.99. The number of fused-ring (bicyclic) bond motifs is 5. The summed E-state index contributed by atoms with van der Waals surface area (Å²) in [7, 11) is -1.79. The van der Waals surface area contributed by atoms with Gasteiger partial charge in [-0.25, -0.2) is 0 Å². The zero-order valence-corrected chi connectivity index (χ0v) is 25.6. The first-order valence-electron chi connectivity index (χ1n) is 15.2. The van der Waals surface area contributed by atoms with Crippen molar-refractivity contribution in [2.24, 2.45) is 52.3 Å². The van der Waals surface area contributed by atoms with Crippen LogP contribution in [-0.4, -0.2) is 37.3 Å². The Hall–Kier alpha value is 0.0969. The van der Waals surface area contributed by atoms with E-state index in [4.69, 9.17) is 4.43 Å². The largest absolute Gasteiger partial charge is 0.414 e. The van der Waals surface area contributed by atoms with Crippen LogP contribution in [0.1, 0.15) is 106 Å². The van der Waals surface area contributed by atoms with Crippen LogP contribution in [0.3, 0.4) is 0 Å². The van der Waals surface area contributed by atoms with E-state index in [-0.39, 0.29) is 11.1 Å². The first-order valence-corrected chi connectivity index (χ1v) is 18.1. The first kappa shape index (κ1) is 28.1. The molecule has 0 aliphatic heterocycles. The van der Waals surface area contributed by atoms with Gasteiger partial charge in [0.05, 0.1) is 6.10 Å². The number of aliphatic hydroxyl groups is 2. The number of hydrogen-bond acceptors (Lipinski definition) is 3. The lowest BCUT2D eigenvalue weighted by Gasteiger charge is -2.65. The van der Waals surface area contributed by atoms with Gasteiger partial charge in [-0.1, -0.05) is 54.9 Å². The smallest absolute Gasteiger partial charge is 0.192 e. The fourth-order valence-corrected chi connectivity index (χ4v) is 11.4. The lowest BCUT2D eigenvalue weighted by molar-refractivity contribution is -0.202. The zero-order valence-electron chi connectivity index (χ0n) is 24.6. The highest BCUT2D eigenvalue weighted by Crippen LogP contribution is 2.69. The number of aliphatic hydroxyl groups excluding tert-OH is 2. The monoisotopic (exact) mass is 506 g/mol. The Balaban J connectivity index is 1.59. The van der Waals surface area contributed by atoms with Gasteiger partial charge in [0.15, 0.2) is 8.32 Å². The van der Waals surface area contributed by atoms with Crippen LogP contribution in [0.25, 0.3) is 0 Å². The summed E-state index contributed by atoms with van der Waals surface area (Å²) in [4.78, 5) is 0. The summed E-state index contributed by atoms with van der Waals surface area (Å²) in [5, 5.41) is 22.0. The number of rotatable bonds is 6. The molecule has 4 aliphatic carbocycles. The third-order valence-electron chi connectivity index (χ3n) is 13.0. The fourth-order valence-electron chi connectivity index (χ4n) is 10.0. The molecule has 4 saturated carbocycles. The standard InChI is InChI=1S/C31H58O3Si/c1-10-22-26-19-21(34-35(8,9)29(3,4)5)13-16-31(26,7)25-14-17-30(6)23(20(2)15-18-32)11-12-24(30)27(25)28(22)33/h20-28,32-33H,10-19H2,1-9H3/t20-,21?,22-,23-,24+,25+,26+,27+,28-,30-,31-/m1/s1. The first-order chi connectivity index (χ1) is 16.2. The highest BCUT2D eigenvalue weighted by atomic mass is 28.4. The lowest BCUT2D eigenvalue weighted by Crippen LogP contribution is -2.62. The summed E-state index contributed by atoms with van der Waals surface area (Å²) in [5.74, 6) is 4.04. The van der Waals surface area contributed by atoms with E-state index >= 15 is 0 Å². The van der Waals surface area contributed by atoms with Crippen LogP contribution in [0, 0.1) is 52.3 Å². The van der Waals surface area contributed by atoms with E-state index in [1.807, 2.05) is 0 Å². The Labute approximate surface area is 218 Å². The third-order valence-corrected chi connectivity index (χ3v) is 17.5. The van der Waals surface area contributed by atoms with Crippen LogP contribution in [-0.2, 0) is 4.43 Å². The van der Waals surface area contributed by atoms with Gasteiger partial charge in [-0.2, -0.15) is 0 Å². The predicted molar refractivity (Wildman–Crippen MR) is 149 cm³/mol. The average molecular weight is 507 g/mol. The molecule has 2 N–H and O–H groups in total. The maximum Gasteiger partial charge on any atom is 0.192 e. The van der Waals surface area contributed by atoms with Gasteiger partial charge in [0.2, 0.25) is 0 Å². The SMILES string of the molecule is CC[C@H]1[C@@H](O)[C@@H]2[C@H](CC[C@]3(C)[C@@H]([C@H](C)CCO)CC[C@@H]23)[C@@]2(C)CCC(O[Si](C)(C)C(C)(C)C)C[C@@H]12. The van der Waals surface area contributed by atoms with Crippen molar-refractivity contribution in [3.8, 4) is 0 Å². The molecule has 0 aromatic carbocycles. The fraction of sp³-hybridized carbons (Fsp3) is 1.00. The minimum absolute atomic E-state index is 0.161. The molecule has 4 aliphatic rings. The maximum absolute atomic E-state index is 12.1. The quantitative estimate of drug-likeness (QED) is 0.364. The maximum atomic E-state index is 12.1. The van der Waals surface area contributed by atoms with E-state index in [2.05, 4.69) is 61.6 Å². The third kappa shape index (κ3) is 4.53. The van der Waals surface area contributed by atoms with Gasteiger partial charge >= 0.3 is 0 Å². The molecule has 0 bridgehead atoms. The van der Waals surface area contributed by atoms with Crippen LogP contribution in [0.4, 0.5) is 0 Å². The van der Waals surface area contributed by atoms with E-state index in [0.717, 1.165) is 19.3 Å². The summed E-state index contributed by atoms with van der Waals surface area (Å²) in [6, 6.07) is 0. The van der Waals surface area contributed by atoms with Crippen molar-refractivity contribution in [3.05, 3.63) is 0 Å². The molecule has 35 heavy (non-hydrogen) atoms. The normalized spacial score (nSPS) is 47.1. The summed E-state index contributed by atoms with van der Waals surface area (Å²) >= 11 is 0. The van der Waals surface area contributed by atoms with Crippen molar-refractivity contribution >= 4 is 8.32 Å². The van der Waals surface area contributed by atoms with E-state index < -0.39 is 8.32 Å². The Morgan fingerprint density at radius 3 is 2.20 bits per heavy atom. The molecule has 0 aromatic rings. The lowest BCUT2D eigenvalue weighted by atomic mass is 9.41. The highest BCUT2D eigenvalue weighted by molar-refractivity contribution is 6.74. The van der Waals surface area contributed by atoms with E-state index in [9.17, 15) is 10.2 Å². The molecule has 4 fully saturated rings. The molecule has 0 radical (unpaired) electrons. The van der Waals surface area contributed by atoms with Gasteiger partial charge in [0.25, 0.3) is 0 Å². The molecule has 4 rings (SSSR count). The molecule has 0 spiro atoms. The second kappa shape index (κ2) is 9.69. The van der Waals surface area contributed by atoms with E-state index in [0.29, 0.717) is 65.0 Å². The van der Waals surface area contributed by atoms with Gasteiger partial charge in [-0.05, 0) is 122 Å². The van der Waals surface area contributed by atoms with Gasteiger partial charge in [-0.3, -0.25) is 0 Å².